The van der Waals surface area contributed by atoms with Crippen molar-refractivity contribution in [1.82, 2.24) is 15.3 Å². The summed E-state index contributed by atoms with van der Waals surface area (Å²) in [6, 6.07) is 2.77. The maximum absolute atomic E-state index is 4.29. The van der Waals surface area contributed by atoms with Crippen LogP contribution in [0.1, 0.15) is 37.8 Å². The number of nitrogens with zero attached hydrogens (tertiary/aromatic N) is 2. The molecule has 5 unspecified atom stereocenters. The van der Waals surface area contributed by atoms with E-state index in [2.05, 4.69) is 15.3 Å². The van der Waals surface area contributed by atoms with E-state index in [0.717, 1.165) is 42.0 Å². The third-order valence-electron chi connectivity index (χ3n) is 5.62. The minimum Gasteiger partial charge on any atom is -0.308 e. The van der Waals surface area contributed by atoms with Crippen molar-refractivity contribution in [3.63, 3.8) is 0 Å². The summed E-state index contributed by atoms with van der Waals surface area (Å²) in [7, 11) is 0. The van der Waals surface area contributed by atoms with Gasteiger partial charge in [-0.2, -0.15) is 0 Å². The average molecular weight is 243 g/mol. The van der Waals surface area contributed by atoms with Crippen molar-refractivity contribution in [3.05, 3.63) is 24.3 Å². The van der Waals surface area contributed by atoms with E-state index in [1.165, 1.54) is 32.1 Å². The van der Waals surface area contributed by atoms with Gasteiger partial charge in [-0.3, -0.25) is 0 Å². The van der Waals surface area contributed by atoms with Crippen molar-refractivity contribution in [2.75, 3.05) is 0 Å². The van der Waals surface area contributed by atoms with E-state index < -0.39 is 0 Å². The average Bonchev–Trinajstić information content (AvgIpc) is 3.09. The lowest BCUT2D eigenvalue weighted by atomic mass is 9.79. The SMILES string of the molecule is c1cc(CNC2CC3CC2C2CCCC32)ncn1. The zero-order valence-corrected chi connectivity index (χ0v) is 10.8. The molecule has 3 aliphatic rings. The molecular weight excluding hydrogens is 222 g/mol. The fraction of sp³-hybridized carbons (Fsp3) is 0.733. The lowest BCUT2D eigenvalue weighted by Crippen LogP contribution is -2.39. The number of rotatable bonds is 3. The quantitative estimate of drug-likeness (QED) is 0.885. The zero-order chi connectivity index (χ0) is 11.9. The first-order valence-electron chi connectivity index (χ1n) is 7.40. The van der Waals surface area contributed by atoms with Gasteiger partial charge in [-0.05, 0) is 55.4 Å². The Hall–Kier alpha value is -0.960. The van der Waals surface area contributed by atoms with Crippen LogP contribution in [0.5, 0.6) is 0 Å². The molecule has 18 heavy (non-hydrogen) atoms. The van der Waals surface area contributed by atoms with E-state index in [-0.39, 0.29) is 0 Å². The summed E-state index contributed by atoms with van der Waals surface area (Å²) in [4.78, 5) is 8.26. The molecule has 0 aliphatic heterocycles. The normalized spacial score (nSPS) is 41.2. The first-order chi connectivity index (χ1) is 8.92. The van der Waals surface area contributed by atoms with Gasteiger partial charge in [0, 0.05) is 18.8 Å². The fourth-order valence-electron chi connectivity index (χ4n) is 4.96. The van der Waals surface area contributed by atoms with Crippen LogP contribution in [0.15, 0.2) is 18.6 Å². The number of nitrogens with one attached hydrogen (secondary N) is 1. The van der Waals surface area contributed by atoms with Crippen LogP contribution in [0.25, 0.3) is 0 Å². The topological polar surface area (TPSA) is 37.8 Å². The molecule has 0 radical (unpaired) electrons. The Kier molecular flexibility index (Phi) is 2.61. The molecule has 1 N–H and O–H groups in total. The summed E-state index contributed by atoms with van der Waals surface area (Å²) in [6.07, 6.45) is 10.9. The summed E-state index contributed by atoms with van der Waals surface area (Å²) in [5, 5.41) is 3.75. The van der Waals surface area contributed by atoms with Crippen LogP contribution in [0.4, 0.5) is 0 Å². The van der Waals surface area contributed by atoms with Gasteiger partial charge in [0.1, 0.15) is 6.33 Å². The van der Waals surface area contributed by atoms with Gasteiger partial charge in [0.25, 0.3) is 0 Å². The molecule has 0 amide bonds. The molecular formula is C15H21N3. The molecule has 96 valence electrons. The predicted octanol–water partition coefficient (Wildman–Crippen LogP) is 2.39. The molecule has 3 nitrogen and oxygen atoms in total. The monoisotopic (exact) mass is 243 g/mol. The second kappa shape index (κ2) is 4.30. The zero-order valence-electron chi connectivity index (χ0n) is 10.8. The van der Waals surface area contributed by atoms with Gasteiger partial charge in [0.15, 0.2) is 0 Å². The van der Waals surface area contributed by atoms with Crippen molar-refractivity contribution in [1.29, 1.82) is 0 Å². The standard InChI is InChI=1S/C15H21N3/c1-2-12-10-6-14(13(12)3-1)15(7-10)17-8-11-4-5-16-9-18-11/h4-5,9-10,12-15,17H,1-3,6-8H2. The molecule has 0 saturated heterocycles. The van der Waals surface area contributed by atoms with E-state index in [9.17, 15) is 0 Å². The fourth-order valence-corrected chi connectivity index (χ4v) is 4.96. The summed E-state index contributed by atoms with van der Waals surface area (Å²) in [5.74, 6) is 4.13. The Morgan fingerprint density at radius 2 is 2.11 bits per heavy atom. The third kappa shape index (κ3) is 1.68. The summed E-state index contributed by atoms with van der Waals surface area (Å²) in [5.41, 5.74) is 1.12. The Morgan fingerprint density at radius 1 is 1.17 bits per heavy atom. The van der Waals surface area contributed by atoms with E-state index in [1.54, 1.807) is 6.33 Å². The summed E-state index contributed by atoms with van der Waals surface area (Å²) >= 11 is 0. The Bertz CT molecular complexity index is 419. The van der Waals surface area contributed by atoms with Gasteiger partial charge in [0.2, 0.25) is 0 Å². The van der Waals surface area contributed by atoms with Gasteiger partial charge in [-0.1, -0.05) is 6.42 Å². The molecule has 3 saturated carbocycles. The molecule has 4 rings (SSSR count). The minimum absolute atomic E-state index is 0.754. The Balaban J connectivity index is 1.40. The molecule has 1 heterocycles. The predicted molar refractivity (Wildman–Crippen MR) is 69.7 cm³/mol. The first-order valence-corrected chi connectivity index (χ1v) is 7.40. The van der Waals surface area contributed by atoms with Crippen molar-refractivity contribution in [2.24, 2.45) is 23.7 Å². The largest absolute Gasteiger partial charge is 0.308 e. The maximum Gasteiger partial charge on any atom is 0.115 e. The molecule has 1 aromatic rings. The van der Waals surface area contributed by atoms with Crippen molar-refractivity contribution >= 4 is 0 Å². The molecule has 0 aromatic carbocycles. The number of hydrogen-bond acceptors (Lipinski definition) is 3. The van der Waals surface area contributed by atoms with Gasteiger partial charge >= 0.3 is 0 Å². The highest BCUT2D eigenvalue weighted by atomic mass is 15.0. The third-order valence-corrected chi connectivity index (χ3v) is 5.62. The van der Waals surface area contributed by atoms with Crippen LogP contribution in [0.2, 0.25) is 0 Å². The number of aromatic nitrogens is 2. The van der Waals surface area contributed by atoms with E-state index >= 15 is 0 Å². The van der Waals surface area contributed by atoms with E-state index in [1.807, 2.05) is 12.3 Å². The highest BCUT2D eigenvalue weighted by Gasteiger charge is 2.53. The molecule has 0 spiro atoms. The van der Waals surface area contributed by atoms with Gasteiger partial charge in [-0.25, -0.2) is 9.97 Å². The van der Waals surface area contributed by atoms with Gasteiger partial charge in [-0.15, -0.1) is 0 Å². The van der Waals surface area contributed by atoms with Crippen molar-refractivity contribution < 1.29 is 0 Å². The highest BCUT2D eigenvalue weighted by Crippen LogP contribution is 2.58. The molecule has 1 aromatic heterocycles. The first kappa shape index (κ1) is 10.9. The summed E-state index contributed by atoms with van der Waals surface area (Å²) in [6.45, 7) is 0.911. The molecule has 5 atom stereocenters. The van der Waals surface area contributed by atoms with Gasteiger partial charge < -0.3 is 5.32 Å². The van der Waals surface area contributed by atoms with E-state index in [4.69, 9.17) is 0 Å². The van der Waals surface area contributed by atoms with Crippen molar-refractivity contribution in [3.8, 4) is 0 Å². The highest BCUT2D eigenvalue weighted by molar-refractivity contribution is 5.06. The van der Waals surface area contributed by atoms with Crippen LogP contribution in [-0.4, -0.2) is 16.0 Å². The van der Waals surface area contributed by atoms with E-state index in [0.29, 0.717) is 0 Å². The Morgan fingerprint density at radius 3 is 3.00 bits per heavy atom. The lowest BCUT2D eigenvalue weighted by molar-refractivity contribution is 0.207. The van der Waals surface area contributed by atoms with Crippen LogP contribution in [-0.2, 0) is 6.54 Å². The van der Waals surface area contributed by atoms with Crippen LogP contribution >= 0.6 is 0 Å². The molecule has 2 bridgehead atoms. The number of hydrogen-bond donors (Lipinski definition) is 1. The summed E-state index contributed by atoms with van der Waals surface area (Å²) < 4.78 is 0. The smallest absolute Gasteiger partial charge is 0.115 e. The van der Waals surface area contributed by atoms with Crippen LogP contribution in [0, 0.1) is 23.7 Å². The lowest BCUT2D eigenvalue weighted by Gasteiger charge is -2.32. The van der Waals surface area contributed by atoms with Gasteiger partial charge in [0.05, 0.1) is 5.69 Å². The Labute approximate surface area is 108 Å². The molecule has 3 aliphatic carbocycles. The van der Waals surface area contributed by atoms with Crippen molar-refractivity contribution in [2.45, 2.75) is 44.7 Å². The second-order valence-corrected chi connectivity index (χ2v) is 6.34. The molecule has 3 heteroatoms. The molecule has 3 fully saturated rings. The number of fused-ring (bicyclic) bond motifs is 5. The second-order valence-electron chi connectivity index (χ2n) is 6.34. The van der Waals surface area contributed by atoms with Crippen LogP contribution < -0.4 is 5.32 Å². The maximum atomic E-state index is 4.29. The minimum atomic E-state index is 0.754. The van der Waals surface area contributed by atoms with Crippen LogP contribution in [0.3, 0.4) is 0 Å².